The van der Waals surface area contributed by atoms with Gasteiger partial charge < -0.3 is 34.6 Å². The molecule has 1 fully saturated rings. The highest BCUT2D eigenvalue weighted by molar-refractivity contribution is 6.10. The van der Waals surface area contributed by atoms with E-state index in [-0.39, 0.29) is 30.5 Å². The number of alkyl halides is 3. The summed E-state index contributed by atoms with van der Waals surface area (Å²) in [7, 11) is 3.10. The predicted molar refractivity (Wildman–Crippen MR) is 215 cm³/mol. The van der Waals surface area contributed by atoms with Crippen molar-refractivity contribution in [1.82, 2.24) is 4.90 Å². The monoisotopic (exact) mass is 800 g/mol. The van der Waals surface area contributed by atoms with Crippen LogP contribution in [0.5, 0.6) is 17.2 Å². The summed E-state index contributed by atoms with van der Waals surface area (Å²) in [5, 5.41) is 27.0. The number of anilines is 1. The van der Waals surface area contributed by atoms with E-state index < -0.39 is 29.5 Å². The topological polar surface area (TPSA) is 118 Å². The first kappa shape index (κ1) is 42.3. The Bertz CT molecular complexity index is 2090. The number of rotatable bonds is 10. The van der Waals surface area contributed by atoms with Crippen LogP contribution in [-0.4, -0.2) is 65.8 Å². The number of hydrogen-bond acceptors (Lipinski definition) is 7. The molecule has 0 saturated heterocycles. The van der Waals surface area contributed by atoms with Gasteiger partial charge in [-0.05, 0) is 141 Å². The molecule has 7 rings (SSSR count). The number of fused-ring (bicyclic) bond motifs is 8. The summed E-state index contributed by atoms with van der Waals surface area (Å²) < 4.78 is 53.5. The number of carbonyl (C=O) groups excluding carboxylic acids is 2. The van der Waals surface area contributed by atoms with Gasteiger partial charge in [0, 0.05) is 28.8 Å². The highest BCUT2D eigenvalue weighted by Crippen LogP contribution is 2.59. The molecule has 0 spiro atoms. The fourth-order valence-corrected chi connectivity index (χ4v) is 8.50. The third-order valence-corrected chi connectivity index (χ3v) is 11.9. The standard InChI is InChI=1S/C46H51F3N2O7/c1-30-6-5-24-44(2)41(39-22-10-32(26-35(52)15-7-30)27-40(39)42(53)33-11-18-36(56-3)19-12-33)23-25-45(44,55)29-51(43(54)50-34-13-20-37(57-4)21-14-34)28-31-8-16-38(17-9-31)58-46(47,48)49/h6,8-14,16-22,27,35,41,52,55H,5,7,15,23-26,28-29H2,1-4H3,(H,50,54)/t35-,41-,44-,45+/m0/s1. The number of aliphatic hydroxyl groups is 2. The van der Waals surface area contributed by atoms with Crippen LogP contribution >= 0.6 is 0 Å². The Balaban J connectivity index is 1.40. The van der Waals surface area contributed by atoms with Crippen LogP contribution in [0.2, 0.25) is 0 Å². The Kier molecular flexibility index (Phi) is 12.9. The largest absolute Gasteiger partial charge is 0.573 e. The van der Waals surface area contributed by atoms with Gasteiger partial charge in [0.2, 0.25) is 0 Å². The zero-order chi connectivity index (χ0) is 41.7. The van der Waals surface area contributed by atoms with Gasteiger partial charge in [0.05, 0.1) is 32.5 Å². The van der Waals surface area contributed by atoms with Gasteiger partial charge in [-0.1, -0.05) is 42.8 Å². The maximum atomic E-state index is 14.4. The second kappa shape index (κ2) is 17.7. The van der Waals surface area contributed by atoms with Crippen LogP contribution in [0.15, 0.2) is 103 Å². The Morgan fingerprint density at radius 3 is 2.16 bits per heavy atom. The molecule has 0 heterocycles. The minimum Gasteiger partial charge on any atom is -0.497 e. The molecule has 58 heavy (non-hydrogen) atoms. The molecule has 0 aliphatic heterocycles. The number of halogens is 3. The number of ether oxygens (including phenoxy) is 3. The van der Waals surface area contributed by atoms with E-state index >= 15 is 0 Å². The van der Waals surface area contributed by atoms with Crippen LogP contribution in [-0.2, 0) is 13.0 Å². The molecule has 1 saturated carbocycles. The molecular weight excluding hydrogens is 750 g/mol. The van der Waals surface area contributed by atoms with Crippen molar-refractivity contribution in [2.24, 2.45) is 5.41 Å². The fraction of sp³-hybridized carbons (Fsp3) is 0.391. The number of aliphatic hydroxyl groups excluding tert-OH is 1. The lowest BCUT2D eigenvalue weighted by molar-refractivity contribution is -0.274. The van der Waals surface area contributed by atoms with Crippen LogP contribution in [0.25, 0.3) is 0 Å². The molecule has 0 unspecified atom stereocenters. The highest BCUT2D eigenvalue weighted by atomic mass is 19.4. The molecule has 3 aliphatic rings. The van der Waals surface area contributed by atoms with Gasteiger partial charge in [0.25, 0.3) is 0 Å². The van der Waals surface area contributed by atoms with Crippen molar-refractivity contribution in [3.05, 3.63) is 130 Å². The Labute approximate surface area is 337 Å². The van der Waals surface area contributed by atoms with E-state index in [1.54, 1.807) is 55.6 Å². The van der Waals surface area contributed by atoms with Crippen molar-refractivity contribution in [2.75, 3.05) is 26.1 Å². The van der Waals surface area contributed by atoms with Crippen molar-refractivity contribution in [3.63, 3.8) is 0 Å². The molecule has 3 N–H and O–H groups in total. The van der Waals surface area contributed by atoms with Gasteiger partial charge in [0.15, 0.2) is 5.78 Å². The Morgan fingerprint density at radius 2 is 1.52 bits per heavy atom. The van der Waals surface area contributed by atoms with E-state index in [1.807, 2.05) is 32.0 Å². The van der Waals surface area contributed by atoms with E-state index in [4.69, 9.17) is 9.47 Å². The van der Waals surface area contributed by atoms with Gasteiger partial charge >= 0.3 is 12.4 Å². The van der Waals surface area contributed by atoms with Crippen LogP contribution < -0.4 is 19.5 Å². The van der Waals surface area contributed by atoms with E-state index in [0.717, 1.165) is 16.7 Å². The minimum atomic E-state index is -4.86. The fourth-order valence-electron chi connectivity index (χ4n) is 8.50. The normalized spacial score (nSPS) is 22.3. The molecular formula is C46H51F3N2O7. The summed E-state index contributed by atoms with van der Waals surface area (Å²) in [5.41, 5.74) is 2.38. The molecule has 4 atom stereocenters. The SMILES string of the molecule is COc1ccc(NC(=O)N(Cc2ccc(OC(F)(F)F)cc2)C[C@]2(O)CC[C@H]3c4ccc(cc4C(=O)c4ccc(OC)cc4)C[C@@H](O)CCC(C)=CCC[C@@]32C)cc1. The smallest absolute Gasteiger partial charge is 0.497 e. The molecule has 0 aromatic heterocycles. The maximum Gasteiger partial charge on any atom is 0.573 e. The summed E-state index contributed by atoms with van der Waals surface area (Å²) in [6.07, 6.45) is 0.253. The maximum absolute atomic E-state index is 14.4. The molecule has 3 aliphatic carbocycles. The molecule has 2 amide bonds. The van der Waals surface area contributed by atoms with Gasteiger partial charge in [-0.25, -0.2) is 4.79 Å². The first-order chi connectivity index (χ1) is 27.6. The average Bonchev–Trinajstić information content (AvgIpc) is 3.45. The Morgan fingerprint density at radius 1 is 0.879 bits per heavy atom. The number of allylic oxidation sites excluding steroid dienone is 2. The average molecular weight is 801 g/mol. The molecule has 4 aromatic carbocycles. The third kappa shape index (κ3) is 9.85. The zero-order valence-electron chi connectivity index (χ0n) is 33.3. The summed E-state index contributed by atoms with van der Waals surface area (Å²) in [6, 6.07) is 24.3. The Hall–Kier alpha value is -5.33. The van der Waals surface area contributed by atoms with E-state index in [2.05, 4.69) is 16.1 Å². The number of urea groups is 1. The number of carbonyl (C=O) groups is 2. The van der Waals surface area contributed by atoms with Crippen LogP contribution in [0.1, 0.15) is 90.9 Å². The number of benzene rings is 4. The van der Waals surface area contributed by atoms with Crippen molar-refractivity contribution in [3.8, 4) is 17.2 Å². The molecule has 2 bridgehead atoms. The van der Waals surface area contributed by atoms with E-state index in [1.165, 1.54) is 36.3 Å². The van der Waals surface area contributed by atoms with Crippen molar-refractivity contribution >= 4 is 17.5 Å². The van der Waals surface area contributed by atoms with Crippen molar-refractivity contribution in [1.29, 1.82) is 0 Å². The number of methoxy groups -OCH3 is 2. The molecule has 9 nitrogen and oxygen atoms in total. The summed E-state index contributed by atoms with van der Waals surface area (Å²) in [4.78, 5) is 30.2. The van der Waals surface area contributed by atoms with Gasteiger partial charge in [-0.2, -0.15) is 0 Å². The van der Waals surface area contributed by atoms with Gasteiger partial charge in [0.1, 0.15) is 17.2 Å². The first-order valence-electron chi connectivity index (χ1n) is 19.5. The number of amides is 2. The lowest BCUT2D eigenvalue weighted by Gasteiger charge is -2.46. The predicted octanol–water partition coefficient (Wildman–Crippen LogP) is 9.61. The van der Waals surface area contributed by atoms with E-state index in [0.29, 0.717) is 78.8 Å². The summed E-state index contributed by atoms with van der Waals surface area (Å²) in [6.45, 7) is 3.92. The summed E-state index contributed by atoms with van der Waals surface area (Å²) >= 11 is 0. The summed E-state index contributed by atoms with van der Waals surface area (Å²) in [5.74, 6) is 0.330. The molecule has 12 heteroatoms. The third-order valence-electron chi connectivity index (χ3n) is 11.9. The quantitative estimate of drug-likeness (QED) is 0.108. The molecule has 0 radical (unpaired) electrons. The number of nitrogens with zero attached hydrogens (tertiary/aromatic N) is 1. The number of nitrogens with one attached hydrogen (secondary N) is 1. The van der Waals surface area contributed by atoms with Crippen LogP contribution in [0.4, 0.5) is 23.7 Å². The number of hydrogen-bond donors (Lipinski definition) is 3. The molecule has 308 valence electrons. The number of ketones is 1. The van der Waals surface area contributed by atoms with Gasteiger partial charge in [-0.15, -0.1) is 13.2 Å². The lowest BCUT2D eigenvalue weighted by atomic mass is 9.64. The highest BCUT2D eigenvalue weighted by Gasteiger charge is 2.57. The van der Waals surface area contributed by atoms with Gasteiger partial charge in [-0.3, -0.25) is 4.79 Å². The van der Waals surface area contributed by atoms with E-state index in [9.17, 15) is 33.0 Å². The first-order valence-corrected chi connectivity index (χ1v) is 19.5. The van der Waals surface area contributed by atoms with Crippen molar-refractivity contribution < 1.29 is 47.2 Å². The zero-order valence-corrected chi connectivity index (χ0v) is 33.3. The van der Waals surface area contributed by atoms with Crippen LogP contribution in [0.3, 0.4) is 0 Å². The second-order valence-electron chi connectivity index (χ2n) is 15.7. The molecule has 4 aromatic rings. The van der Waals surface area contributed by atoms with Crippen LogP contribution in [0, 0.1) is 5.41 Å². The van der Waals surface area contributed by atoms with Crippen molar-refractivity contribution in [2.45, 2.75) is 89.3 Å². The second-order valence-corrected chi connectivity index (χ2v) is 15.7. The minimum absolute atomic E-state index is 0.0332. The lowest BCUT2D eigenvalue weighted by Crippen LogP contribution is -2.54.